The third-order valence-electron chi connectivity index (χ3n) is 3.61. The van der Waals surface area contributed by atoms with E-state index in [0.717, 1.165) is 12.0 Å². The highest BCUT2D eigenvalue weighted by atomic mass is 16.6. The molecule has 132 valence electrons. The fourth-order valence-corrected chi connectivity index (χ4v) is 2.54. The van der Waals surface area contributed by atoms with Gasteiger partial charge in [0, 0.05) is 12.1 Å². The van der Waals surface area contributed by atoms with Crippen molar-refractivity contribution in [2.45, 2.75) is 39.2 Å². The molecule has 0 bridgehead atoms. The molecule has 1 aromatic rings. The summed E-state index contributed by atoms with van der Waals surface area (Å²) in [7, 11) is 0. The first-order valence-corrected chi connectivity index (χ1v) is 8.27. The highest BCUT2D eigenvalue weighted by molar-refractivity contribution is 5.98. The minimum Gasteiger partial charge on any atom is -0.494 e. The van der Waals surface area contributed by atoms with Gasteiger partial charge in [-0.15, -0.1) is 0 Å². The lowest BCUT2D eigenvalue weighted by Gasteiger charge is -2.29. The average Bonchev–Trinajstić information content (AvgIpc) is 2.49. The monoisotopic (exact) mass is 334 g/mol. The number of hydrogen-bond acceptors (Lipinski definition) is 5. The third-order valence-corrected chi connectivity index (χ3v) is 3.61. The van der Waals surface area contributed by atoms with Crippen molar-refractivity contribution in [3.63, 3.8) is 0 Å². The molecule has 1 amide bonds. The number of hydrogen-bond donors (Lipinski definition) is 1. The van der Waals surface area contributed by atoms with Gasteiger partial charge in [0.1, 0.15) is 17.9 Å². The Morgan fingerprint density at radius 2 is 2.08 bits per heavy atom. The molecule has 1 heterocycles. The number of carbonyl (C=O) groups excluding carboxylic acids is 2. The van der Waals surface area contributed by atoms with E-state index in [-0.39, 0.29) is 12.5 Å². The van der Waals surface area contributed by atoms with Crippen LogP contribution in [0.3, 0.4) is 0 Å². The molecule has 0 aliphatic carbocycles. The van der Waals surface area contributed by atoms with Crippen LogP contribution in [-0.4, -0.2) is 48.6 Å². The van der Waals surface area contributed by atoms with E-state index >= 15 is 0 Å². The molecule has 6 heteroatoms. The summed E-state index contributed by atoms with van der Waals surface area (Å²) in [5.41, 5.74) is 6.46. The number of carbonyl (C=O) groups is 2. The Morgan fingerprint density at radius 1 is 1.33 bits per heavy atom. The van der Waals surface area contributed by atoms with Crippen molar-refractivity contribution in [1.82, 2.24) is 4.90 Å². The summed E-state index contributed by atoms with van der Waals surface area (Å²) < 4.78 is 10.9. The van der Waals surface area contributed by atoms with Crippen molar-refractivity contribution in [3.05, 3.63) is 29.3 Å². The number of nitrogens with zero attached hydrogens (tertiary/aromatic N) is 1. The lowest BCUT2D eigenvalue weighted by molar-refractivity contribution is -0.155. The topological polar surface area (TPSA) is 81.9 Å². The number of esters is 1. The smallest absolute Gasteiger partial charge is 0.326 e. The maximum atomic E-state index is 12.6. The molecule has 0 spiro atoms. The normalized spacial score (nSPS) is 14.3. The molecule has 1 aliphatic heterocycles. The Hall–Kier alpha value is -2.08. The highest BCUT2D eigenvalue weighted by Gasteiger charge is 2.28. The average molecular weight is 334 g/mol. The fraction of sp³-hybridized carbons (Fsp3) is 0.556. The first-order valence-electron chi connectivity index (χ1n) is 8.27. The second kappa shape index (κ2) is 7.66. The Bertz CT molecular complexity index is 608. The number of fused-ring (bicyclic) bond motifs is 1. The van der Waals surface area contributed by atoms with Gasteiger partial charge < -0.3 is 20.1 Å². The lowest BCUT2D eigenvalue weighted by atomic mass is 9.98. The summed E-state index contributed by atoms with van der Waals surface area (Å²) >= 11 is 0. The number of amides is 1. The first kappa shape index (κ1) is 18.3. The minimum absolute atomic E-state index is 0.0339. The van der Waals surface area contributed by atoms with Crippen LogP contribution < -0.4 is 10.5 Å². The fourth-order valence-electron chi connectivity index (χ4n) is 2.54. The van der Waals surface area contributed by atoms with Crippen molar-refractivity contribution >= 4 is 11.9 Å². The second-order valence-corrected chi connectivity index (χ2v) is 6.87. The minimum atomic E-state index is -0.558. The van der Waals surface area contributed by atoms with Gasteiger partial charge in [-0.05, 0) is 57.9 Å². The Labute approximate surface area is 142 Å². The van der Waals surface area contributed by atoms with E-state index in [2.05, 4.69) is 0 Å². The van der Waals surface area contributed by atoms with Gasteiger partial charge in [0.2, 0.25) is 0 Å². The zero-order valence-corrected chi connectivity index (χ0v) is 14.6. The van der Waals surface area contributed by atoms with E-state index in [1.54, 1.807) is 6.07 Å². The van der Waals surface area contributed by atoms with Gasteiger partial charge in [-0.1, -0.05) is 6.07 Å². The van der Waals surface area contributed by atoms with Crippen molar-refractivity contribution in [2.24, 2.45) is 5.73 Å². The van der Waals surface area contributed by atoms with Crippen molar-refractivity contribution in [2.75, 3.05) is 26.2 Å². The summed E-state index contributed by atoms with van der Waals surface area (Å²) in [5, 5.41) is 0. The van der Waals surface area contributed by atoms with Crippen LogP contribution in [0.1, 0.15) is 43.1 Å². The van der Waals surface area contributed by atoms with Crippen molar-refractivity contribution in [3.8, 4) is 5.75 Å². The second-order valence-electron chi connectivity index (χ2n) is 6.87. The molecule has 0 saturated carbocycles. The molecule has 0 aromatic heterocycles. The van der Waals surface area contributed by atoms with Crippen molar-refractivity contribution < 1.29 is 19.1 Å². The third kappa shape index (κ3) is 4.96. The summed E-state index contributed by atoms with van der Waals surface area (Å²) in [6.45, 7) is 6.99. The quantitative estimate of drug-likeness (QED) is 0.633. The van der Waals surface area contributed by atoms with Gasteiger partial charge in [0.05, 0.1) is 6.61 Å². The number of rotatable bonds is 6. The van der Waals surface area contributed by atoms with Gasteiger partial charge in [0.25, 0.3) is 5.91 Å². The Morgan fingerprint density at radius 3 is 2.75 bits per heavy atom. The Kier molecular flexibility index (Phi) is 5.83. The van der Waals surface area contributed by atoms with Crippen LogP contribution in [0.5, 0.6) is 5.75 Å². The first-order chi connectivity index (χ1) is 11.3. The molecule has 24 heavy (non-hydrogen) atoms. The van der Waals surface area contributed by atoms with Gasteiger partial charge in [0.15, 0.2) is 0 Å². The SMILES string of the molecule is CC(C)(C)OC(=O)CN1CCc2ccc(OCCCN)cc2C1=O. The summed E-state index contributed by atoms with van der Waals surface area (Å²) in [4.78, 5) is 26.1. The molecule has 1 aromatic carbocycles. The van der Waals surface area contributed by atoms with Crippen LogP contribution in [-0.2, 0) is 16.0 Å². The van der Waals surface area contributed by atoms with Crippen LogP contribution in [0.15, 0.2) is 18.2 Å². The molecule has 2 rings (SSSR count). The van der Waals surface area contributed by atoms with Crippen LogP contribution in [0.2, 0.25) is 0 Å². The van der Waals surface area contributed by atoms with Crippen LogP contribution in [0.4, 0.5) is 0 Å². The van der Waals surface area contributed by atoms with E-state index in [1.165, 1.54) is 4.90 Å². The molecule has 0 radical (unpaired) electrons. The van der Waals surface area contributed by atoms with Crippen molar-refractivity contribution in [1.29, 1.82) is 0 Å². The standard InChI is InChI=1S/C18H26N2O4/c1-18(2,3)24-16(21)12-20-9-7-13-5-6-14(23-10-4-8-19)11-15(13)17(20)22/h5-6,11H,4,7-10,12,19H2,1-3H3. The van der Waals surface area contributed by atoms with Gasteiger partial charge in [-0.3, -0.25) is 9.59 Å². The molecular formula is C18H26N2O4. The molecule has 0 saturated heterocycles. The van der Waals surface area contributed by atoms with Gasteiger partial charge in [-0.2, -0.15) is 0 Å². The summed E-state index contributed by atoms with van der Waals surface area (Å²) in [6, 6.07) is 5.53. The molecule has 6 nitrogen and oxygen atoms in total. The maximum Gasteiger partial charge on any atom is 0.326 e. The predicted molar refractivity (Wildman–Crippen MR) is 91.1 cm³/mol. The zero-order valence-electron chi connectivity index (χ0n) is 14.6. The van der Waals surface area contributed by atoms with E-state index in [9.17, 15) is 9.59 Å². The highest BCUT2D eigenvalue weighted by Crippen LogP contribution is 2.24. The maximum absolute atomic E-state index is 12.6. The number of ether oxygens (including phenoxy) is 2. The van der Waals surface area contributed by atoms with E-state index in [1.807, 2.05) is 32.9 Å². The van der Waals surface area contributed by atoms with E-state index < -0.39 is 11.6 Å². The molecule has 2 N–H and O–H groups in total. The van der Waals surface area contributed by atoms with Gasteiger partial charge in [-0.25, -0.2) is 0 Å². The van der Waals surface area contributed by atoms with Crippen LogP contribution in [0.25, 0.3) is 0 Å². The number of nitrogens with two attached hydrogens (primary N) is 1. The van der Waals surface area contributed by atoms with Crippen LogP contribution >= 0.6 is 0 Å². The van der Waals surface area contributed by atoms with Gasteiger partial charge >= 0.3 is 5.97 Å². The lowest BCUT2D eigenvalue weighted by Crippen LogP contribution is -2.42. The summed E-state index contributed by atoms with van der Waals surface area (Å²) in [5.74, 6) is 0.0932. The van der Waals surface area contributed by atoms with Crippen LogP contribution in [0, 0.1) is 0 Å². The summed E-state index contributed by atoms with van der Waals surface area (Å²) in [6.07, 6.45) is 1.47. The largest absolute Gasteiger partial charge is 0.494 e. The zero-order chi connectivity index (χ0) is 17.7. The molecule has 0 atom stereocenters. The van der Waals surface area contributed by atoms with E-state index in [0.29, 0.717) is 37.4 Å². The number of benzene rings is 1. The molecule has 0 unspecified atom stereocenters. The molecular weight excluding hydrogens is 308 g/mol. The van der Waals surface area contributed by atoms with E-state index in [4.69, 9.17) is 15.2 Å². The Balaban J connectivity index is 2.05. The predicted octanol–water partition coefficient (Wildman–Crippen LogP) is 1.75. The molecule has 1 aliphatic rings. The molecule has 0 fully saturated rings.